The van der Waals surface area contributed by atoms with Gasteiger partial charge in [-0.25, -0.2) is 4.68 Å². The number of benzene rings is 1. The molecule has 0 N–H and O–H groups in total. The number of carbonyl (C=O) groups excluding carboxylic acids is 1. The number of rotatable bonds is 4. The molecular formula is C15H18N2O2. The molecule has 0 aliphatic rings. The smallest absolute Gasteiger partial charge is 0.228 e. The molecule has 19 heavy (non-hydrogen) atoms. The van der Waals surface area contributed by atoms with Gasteiger partial charge in [-0.1, -0.05) is 26.0 Å². The van der Waals surface area contributed by atoms with Crippen molar-refractivity contribution in [3.8, 4) is 11.6 Å². The van der Waals surface area contributed by atoms with Gasteiger partial charge in [0.05, 0.1) is 11.3 Å². The number of aromatic nitrogens is 2. The molecule has 1 heterocycles. The van der Waals surface area contributed by atoms with Gasteiger partial charge >= 0.3 is 0 Å². The summed E-state index contributed by atoms with van der Waals surface area (Å²) in [7, 11) is 1.76. The molecule has 4 heteroatoms. The van der Waals surface area contributed by atoms with Crippen molar-refractivity contribution in [2.45, 2.75) is 26.7 Å². The molecule has 0 bridgehead atoms. The topological polar surface area (TPSA) is 44.1 Å². The second kappa shape index (κ2) is 5.26. The van der Waals surface area contributed by atoms with E-state index in [1.807, 2.05) is 24.3 Å². The number of nitrogens with zero attached hydrogens (tertiary/aromatic N) is 2. The molecule has 0 radical (unpaired) electrons. The third-order valence-electron chi connectivity index (χ3n) is 3.09. The van der Waals surface area contributed by atoms with Crippen molar-refractivity contribution in [3.63, 3.8) is 0 Å². The van der Waals surface area contributed by atoms with Crippen LogP contribution in [0.15, 0.2) is 24.3 Å². The Labute approximate surface area is 113 Å². The summed E-state index contributed by atoms with van der Waals surface area (Å²) >= 11 is 0. The number of aldehydes is 1. The summed E-state index contributed by atoms with van der Waals surface area (Å²) in [6.07, 6.45) is 0.778. The minimum Gasteiger partial charge on any atom is -0.439 e. The van der Waals surface area contributed by atoms with Gasteiger partial charge in [0, 0.05) is 7.05 Å². The minimum atomic E-state index is 0.477. The summed E-state index contributed by atoms with van der Waals surface area (Å²) in [6.45, 7) is 6.08. The maximum absolute atomic E-state index is 11.1. The molecular weight excluding hydrogens is 240 g/mol. The molecule has 0 saturated heterocycles. The van der Waals surface area contributed by atoms with E-state index in [0.29, 0.717) is 28.8 Å². The molecule has 0 amide bonds. The van der Waals surface area contributed by atoms with Crippen molar-refractivity contribution < 1.29 is 9.53 Å². The van der Waals surface area contributed by atoms with Crippen LogP contribution in [-0.4, -0.2) is 16.1 Å². The Balaban J connectivity index is 2.28. The first kappa shape index (κ1) is 13.3. The van der Waals surface area contributed by atoms with Crippen LogP contribution < -0.4 is 4.74 Å². The first-order valence-electron chi connectivity index (χ1n) is 6.29. The van der Waals surface area contributed by atoms with E-state index in [9.17, 15) is 4.79 Å². The lowest BCUT2D eigenvalue weighted by molar-refractivity contribution is 0.112. The lowest BCUT2D eigenvalue weighted by atomic mass is 10.0. The molecule has 4 nitrogen and oxygen atoms in total. The number of ether oxygens (including phenoxy) is 1. The summed E-state index contributed by atoms with van der Waals surface area (Å²) in [4.78, 5) is 11.1. The van der Waals surface area contributed by atoms with Crippen LogP contribution in [0.5, 0.6) is 11.6 Å². The monoisotopic (exact) mass is 258 g/mol. The van der Waals surface area contributed by atoms with Crippen LogP contribution in [0, 0.1) is 6.92 Å². The third-order valence-corrected chi connectivity index (χ3v) is 3.09. The van der Waals surface area contributed by atoms with Gasteiger partial charge in [-0.2, -0.15) is 5.10 Å². The maximum atomic E-state index is 11.1. The second-order valence-corrected chi connectivity index (χ2v) is 4.87. The van der Waals surface area contributed by atoms with E-state index in [1.54, 1.807) is 18.7 Å². The second-order valence-electron chi connectivity index (χ2n) is 4.87. The number of hydrogen-bond acceptors (Lipinski definition) is 3. The molecule has 1 aromatic carbocycles. The molecule has 0 aliphatic carbocycles. The van der Waals surface area contributed by atoms with Crippen LogP contribution in [0.2, 0.25) is 0 Å². The zero-order valence-corrected chi connectivity index (χ0v) is 11.7. The lowest BCUT2D eigenvalue weighted by Gasteiger charge is -2.09. The highest BCUT2D eigenvalue weighted by molar-refractivity contribution is 5.80. The van der Waals surface area contributed by atoms with Gasteiger partial charge in [-0.05, 0) is 30.5 Å². The zero-order chi connectivity index (χ0) is 14.0. The summed E-state index contributed by atoms with van der Waals surface area (Å²) in [6, 6.07) is 7.88. The highest BCUT2D eigenvalue weighted by Crippen LogP contribution is 2.27. The summed E-state index contributed by atoms with van der Waals surface area (Å²) in [5, 5.41) is 4.18. The first-order valence-corrected chi connectivity index (χ1v) is 6.29. The SMILES string of the molecule is Cc1nn(C)c(Oc2ccc(C(C)C)cc2)c1C=O. The average molecular weight is 258 g/mol. The number of hydrogen-bond donors (Lipinski definition) is 0. The summed E-state index contributed by atoms with van der Waals surface area (Å²) in [5.74, 6) is 1.67. The molecule has 0 unspecified atom stereocenters. The van der Waals surface area contributed by atoms with Crippen molar-refractivity contribution >= 4 is 6.29 Å². The van der Waals surface area contributed by atoms with Gasteiger partial charge in [-0.15, -0.1) is 0 Å². The Kier molecular flexibility index (Phi) is 3.69. The zero-order valence-electron chi connectivity index (χ0n) is 11.7. The summed E-state index contributed by atoms with van der Waals surface area (Å²) < 4.78 is 7.33. The van der Waals surface area contributed by atoms with Crippen LogP contribution in [0.4, 0.5) is 0 Å². The molecule has 2 aromatic rings. The van der Waals surface area contributed by atoms with Crippen molar-refractivity contribution in [1.82, 2.24) is 9.78 Å². The van der Waals surface area contributed by atoms with Crippen LogP contribution in [0.1, 0.15) is 41.4 Å². The minimum absolute atomic E-state index is 0.477. The Hall–Kier alpha value is -2.10. The molecule has 0 aliphatic heterocycles. The van der Waals surface area contributed by atoms with Gasteiger partial charge in [0.15, 0.2) is 6.29 Å². The van der Waals surface area contributed by atoms with Crippen LogP contribution in [-0.2, 0) is 7.05 Å². The number of carbonyl (C=O) groups is 1. The van der Waals surface area contributed by atoms with E-state index >= 15 is 0 Å². The molecule has 0 fully saturated rings. The van der Waals surface area contributed by atoms with Gasteiger partial charge in [0.25, 0.3) is 0 Å². The lowest BCUT2D eigenvalue weighted by Crippen LogP contribution is -1.97. The van der Waals surface area contributed by atoms with Crippen molar-refractivity contribution in [3.05, 3.63) is 41.1 Å². The fourth-order valence-electron chi connectivity index (χ4n) is 1.94. The van der Waals surface area contributed by atoms with Crippen LogP contribution in [0.3, 0.4) is 0 Å². The van der Waals surface area contributed by atoms with E-state index < -0.39 is 0 Å². The first-order chi connectivity index (χ1) is 9.02. The van der Waals surface area contributed by atoms with Gasteiger partial charge < -0.3 is 4.74 Å². The van der Waals surface area contributed by atoms with E-state index in [2.05, 4.69) is 18.9 Å². The van der Waals surface area contributed by atoms with Crippen molar-refractivity contribution in [2.24, 2.45) is 7.05 Å². The Morgan fingerprint density at radius 3 is 2.42 bits per heavy atom. The van der Waals surface area contributed by atoms with Crippen LogP contribution in [0.25, 0.3) is 0 Å². The Morgan fingerprint density at radius 2 is 1.89 bits per heavy atom. The van der Waals surface area contributed by atoms with E-state index in [-0.39, 0.29) is 0 Å². The third kappa shape index (κ3) is 2.67. The molecule has 0 atom stereocenters. The highest BCUT2D eigenvalue weighted by Gasteiger charge is 2.14. The summed E-state index contributed by atoms with van der Waals surface area (Å²) in [5.41, 5.74) is 2.42. The van der Waals surface area contributed by atoms with E-state index in [0.717, 1.165) is 6.29 Å². The molecule has 1 aromatic heterocycles. The maximum Gasteiger partial charge on any atom is 0.228 e. The molecule has 100 valence electrons. The quantitative estimate of drug-likeness (QED) is 0.789. The Morgan fingerprint density at radius 1 is 1.26 bits per heavy atom. The van der Waals surface area contributed by atoms with E-state index in [1.165, 1.54) is 5.56 Å². The molecule has 2 rings (SSSR count). The van der Waals surface area contributed by atoms with Crippen molar-refractivity contribution in [2.75, 3.05) is 0 Å². The molecule has 0 spiro atoms. The largest absolute Gasteiger partial charge is 0.439 e. The molecule has 0 saturated carbocycles. The van der Waals surface area contributed by atoms with Gasteiger partial charge in [0.2, 0.25) is 5.88 Å². The fraction of sp³-hybridized carbons (Fsp3) is 0.333. The van der Waals surface area contributed by atoms with Gasteiger partial charge in [0.1, 0.15) is 5.75 Å². The predicted molar refractivity (Wildman–Crippen MR) is 73.9 cm³/mol. The number of aryl methyl sites for hydroxylation is 2. The van der Waals surface area contributed by atoms with Crippen LogP contribution >= 0.6 is 0 Å². The van der Waals surface area contributed by atoms with Crippen molar-refractivity contribution in [1.29, 1.82) is 0 Å². The predicted octanol–water partition coefficient (Wildman–Crippen LogP) is 3.46. The van der Waals surface area contributed by atoms with E-state index in [4.69, 9.17) is 4.74 Å². The standard InChI is InChI=1S/C15H18N2O2/c1-10(2)12-5-7-13(8-6-12)19-15-14(9-18)11(3)16-17(15)4/h5-10H,1-4H3. The fourth-order valence-corrected chi connectivity index (χ4v) is 1.94. The van der Waals surface area contributed by atoms with Gasteiger partial charge in [-0.3, -0.25) is 4.79 Å². The highest BCUT2D eigenvalue weighted by atomic mass is 16.5. The Bertz CT molecular complexity index is 583. The normalized spacial score (nSPS) is 10.8. The average Bonchev–Trinajstić information content (AvgIpc) is 2.64.